The maximum absolute atomic E-state index is 12.3. The molecule has 3 unspecified atom stereocenters. The largest absolute Gasteiger partial charge is 0.493 e. The van der Waals surface area contributed by atoms with Gasteiger partial charge in [0.1, 0.15) is 0 Å². The molecule has 0 saturated heterocycles. The van der Waals surface area contributed by atoms with Gasteiger partial charge in [-0.05, 0) is 56.2 Å². The van der Waals surface area contributed by atoms with Crippen molar-refractivity contribution in [2.75, 3.05) is 13.7 Å². The van der Waals surface area contributed by atoms with Gasteiger partial charge < -0.3 is 9.47 Å². The average molecular weight is 332 g/mol. The molecule has 1 aromatic rings. The van der Waals surface area contributed by atoms with E-state index < -0.39 is 0 Å². The van der Waals surface area contributed by atoms with Crippen LogP contribution in [0.1, 0.15) is 43.0 Å². The summed E-state index contributed by atoms with van der Waals surface area (Å²) in [5.41, 5.74) is 5.48. The molecule has 6 heteroatoms. The Labute approximate surface area is 141 Å². The Bertz CT molecular complexity index is 631. The monoisotopic (exact) mass is 332 g/mol. The smallest absolute Gasteiger partial charge is 0.269 e. The molecule has 1 aromatic carbocycles. The molecule has 0 radical (unpaired) electrons. The summed E-state index contributed by atoms with van der Waals surface area (Å²) in [5.74, 6) is 1.85. The Kier molecular flexibility index (Phi) is 4.92. The Hall–Kier alpha value is -2.24. The topological polar surface area (TPSA) is 76.7 Å². The number of benzene rings is 1. The second-order valence-electron chi connectivity index (χ2n) is 6.52. The highest BCUT2D eigenvalue weighted by molar-refractivity contribution is 5.96. The molecular formula is C18H24N2O4. The number of ether oxygens (including phenoxy) is 2. The van der Waals surface area contributed by atoms with Gasteiger partial charge in [0.2, 0.25) is 5.91 Å². The van der Waals surface area contributed by atoms with Crippen molar-refractivity contribution in [1.82, 2.24) is 10.9 Å². The van der Waals surface area contributed by atoms with Crippen molar-refractivity contribution in [2.45, 2.75) is 32.6 Å². The minimum absolute atomic E-state index is 0.0407. The molecule has 0 heterocycles. The van der Waals surface area contributed by atoms with Crippen molar-refractivity contribution >= 4 is 11.8 Å². The highest BCUT2D eigenvalue weighted by atomic mass is 16.5. The summed E-state index contributed by atoms with van der Waals surface area (Å²) < 4.78 is 10.7. The third-order valence-electron chi connectivity index (χ3n) is 5.10. The van der Waals surface area contributed by atoms with Crippen LogP contribution < -0.4 is 20.3 Å². The molecular weight excluding hydrogens is 308 g/mol. The third-order valence-corrected chi connectivity index (χ3v) is 5.10. The Morgan fingerprint density at radius 2 is 2.00 bits per heavy atom. The van der Waals surface area contributed by atoms with E-state index in [-0.39, 0.29) is 17.7 Å². The summed E-state index contributed by atoms with van der Waals surface area (Å²) in [5, 5.41) is 0. The minimum Gasteiger partial charge on any atom is -0.493 e. The Morgan fingerprint density at radius 3 is 2.62 bits per heavy atom. The van der Waals surface area contributed by atoms with Crippen molar-refractivity contribution in [2.24, 2.45) is 17.8 Å². The van der Waals surface area contributed by atoms with Crippen LogP contribution >= 0.6 is 0 Å². The molecule has 2 aliphatic rings. The molecule has 3 atom stereocenters. The van der Waals surface area contributed by atoms with Gasteiger partial charge in [-0.25, -0.2) is 0 Å². The van der Waals surface area contributed by atoms with Gasteiger partial charge in [-0.3, -0.25) is 20.4 Å². The fraction of sp³-hybridized carbons (Fsp3) is 0.556. The van der Waals surface area contributed by atoms with Gasteiger partial charge >= 0.3 is 0 Å². The lowest BCUT2D eigenvalue weighted by Crippen LogP contribution is -2.45. The molecule has 0 aliphatic heterocycles. The van der Waals surface area contributed by atoms with Crippen LogP contribution in [-0.4, -0.2) is 25.5 Å². The summed E-state index contributed by atoms with van der Waals surface area (Å²) in [4.78, 5) is 24.5. The molecule has 0 aromatic heterocycles. The van der Waals surface area contributed by atoms with Crippen LogP contribution in [-0.2, 0) is 4.79 Å². The normalized spacial score (nSPS) is 24.5. The second-order valence-corrected chi connectivity index (χ2v) is 6.52. The molecule has 2 saturated carbocycles. The number of hydrogen-bond acceptors (Lipinski definition) is 4. The number of amides is 2. The zero-order valence-corrected chi connectivity index (χ0v) is 14.1. The number of carbonyl (C=O) groups is 2. The van der Waals surface area contributed by atoms with E-state index in [2.05, 4.69) is 10.9 Å². The molecule has 2 fully saturated rings. The number of hydrogen-bond donors (Lipinski definition) is 2. The van der Waals surface area contributed by atoms with E-state index in [1.165, 1.54) is 13.5 Å². The zero-order valence-electron chi connectivity index (χ0n) is 14.1. The molecule has 2 aliphatic carbocycles. The first-order valence-electron chi connectivity index (χ1n) is 8.53. The third kappa shape index (κ3) is 3.32. The molecule has 0 spiro atoms. The van der Waals surface area contributed by atoms with Crippen molar-refractivity contribution in [3.63, 3.8) is 0 Å². The van der Waals surface area contributed by atoms with Crippen LogP contribution in [0, 0.1) is 17.8 Å². The minimum atomic E-state index is -0.368. The van der Waals surface area contributed by atoms with E-state index in [4.69, 9.17) is 9.47 Å². The highest BCUT2D eigenvalue weighted by Crippen LogP contribution is 2.48. The summed E-state index contributed by atoms with van der Waals surface area (Å²) in [6.45, 7) is 2.40. The van der Waals surface area contributed by atoms with Crippen molar-refractivity contribution in [3.8, 4) is 11.5 Å². The van der Waals surface area contributed by atoms with Gasteiger partial charge in [0.15, 0.2) is 11.5 Å². The first-order valence-corrected chi connectivity index (χ1v) is 8.53. The number of nitrogens with one attached hydrogen (secondary N) is 2. The summed E-state index contributed by atoms with van der Waals surface area (Å²) in [6, 6.07) is 4.94. The summed E-state index contributed by atoms with van der Waals surface area (Å²) in [6.07, 6.45) is 4.48. The summed E-state index contributed by atoms with van der Waals surface area (Å²) >= 11 is 0. The van der Waals surface area contributed by atoms with E-state index in [9.17, 15) is 9.59 Å². The van der Waals surface area contributed by atoms with Crippen LogP contribution in [0.15, 0.2) is 18.2 Å². The second kappa shape index (κ2) is 7.11. The number of hydrazine groups is 1. The maximum atomic E-state index is 12.3. The average Bonchev–Trinajstić information content (AvgIpc) is 3.23. The van der Waals surface area contributed by atoms with E-state index in [1.807, 2.05) is 6.92 Å². The molecule has 2 bridgehead atoms. The van der Waals surface area contributed by atoms with E-state index >= 15 is 0 Å². The number of fused-ring (bicyclic) bond motifs is 2. The van der Waals surface area contributed by atoms with Gasteiger partial charge in [0.25, 0.3) is 5.91 Å². The fourth-order valence-corrected chi connectivity index (χ4v) is 3.93. The zero-order chi connectivity index (χ0) is 17.1. The van der Waals surface area contributed by atoms with E-state index in [1.54, 1.807) is 18.2 Å². The molecule has 130 valence electrons. The molecule has 6 nitrogen and oxygen atoms in total. The van der Waals surface area contributed by atoms with Crippen molar-refractivity contribution < 1.29 is 19.1 Å². The lowest BCUT2D eigenvalue weighted by Gasteiger charge is -2.20. The lowest BCUT2D eigenvalue weighted by atomic mass is 9.88. The van der Waals surface area contributed by atoms with Gasteiger partial charge in [0, 0.05) is 11.5 Å². The number of carbonyl (C=O) groups excluding carboxylic acids is 2. The Morgan fingerprint density at radius 1 is 1.17 bits per heavy atom. The molecule has 24 heavy (non-hydrogen) atoms. The van der Waals surface area contributed by atoms with Crippen LogP contribution in [0.25, 0.3) is 0 Å². The van der Waals surface area contributed by atoms with Gasteiger partial charge in [-0.1, -0.05) is 6.42 Å². The van der Waals surface area contributed by atoms with Crippen LogP contribution in [0.4, 0.5) is 0 Å². The van der Waals surface area contributed by atoms with E-state index in [0.717, 1.165) is 19.3 Å². The summed E-state index contributed by atoms with van der Waals surface area (Å²) in [7, 11) is 1.52. The predicted molar refractivity (Wildman–Crippen MR) is 88.7 cm³/mol. The molecule has 2 N–H and O–H groups in total. The Balaban J connectivity index is 1.57. The van der Waals surface area contributed by atoms with Crippen LogP contribution in [0.3, 0.4) is 0 Å². The first kappa shape index (κ1) is 16.6. The predicted octanol–water partition coefficient (Wildman–Crippen LogP) is 2.29. The molecule has 3 rings (SSSR count). The number of rotatable bonds is 5. The maximum Gasteiger partial charge on any atom is 0.269 e. The van der Waals surface area contributed by atoms with Crippen molar-refractivity contribution in [1.29, 1.82) is 0 Å². The van der Waals surface area contributed by atoms with Gasteiger partial charge in [0.05, 0.1) is 13.7 Å². The fourth-order valence-electron chi connectivity index (χ4n) is 3.93. The number of methoxy groups -OCH3 is 1. The first-order chi connectivity index (χ1) is 11.6. The van der Waals surface area contributed by atoms with Crippen LogP contribution in [0.2, 0.25) is 0 Å². The standard InChI is InChI=1S/C18H24N2O4/c1-3-24-15-7-6-13(10-16(15)23-2)17(21)19-20-18(22)14-9-11-4-5-12(14)8-11/h6-7,10-12,14H,3-5,8-9H2,1-2H3,(H,19,21)(H,20,22). The van der Waals surface area contributed by atoms with Crippen molar-refractivity contribution in [3.05, 3.63) is 23.8 Å². The van der Waals surface area contributed by atoms with Gasteiger partial charge in [-0.2, -0.15) is 0 Å². The highest BCUT2D eigenvalue weighted by Gasteiger charge is 2.43. The van der Waals surface area contributed by atoms with E-state index in [0.29, 0.717) is 35.5 Å². The molecule has 2 amide bonds. The lowest BCUT2D eigenvalue weighted by molar-refractivity contribution is -0.127. The SMILES string of the molecule is CCOc1ccc(C(=O)NNC(=O)C2CC3CCC2C3)cc1OC. The van der Waals surface area contributed by atoms with Crippen LogP contribution in [0.5, 0.6) is 11.5 Å². The quantitative estimate of drug-likeness (QED) is 0.811. The van der Waals surface area contributed by atoms with Gasteiger partial charge in [-0.15, -0.1) is 0 Å².